The van der Waals surface area contributed by atoms with Crippen LogP contribution in [0, 0.1) is 0 Å². The number of carbonyl (C=O) groups is 4. The molecule has 2 aromatic carbocycles. The van der Waals surface area contributed by atoms with Gasteiger partial charge in [0, 0.05) is 56.2 Å². The molecule has 0 atom stereocenters. The van der Waals surface area contributed by atoms with Crippen molar-refractivity contribution in [3.63, 3.8) is 0 Å². The number of anilines is 2. The summed E-state index contributed by atoms with van der Waals surface area (Å²) in [6.45, 7) is 4.76. The maximum Gasteiger partial charge on any atom is 0 e. The molecule has 1 aliphatic rings. The Morgan fingerprint density at radius 3 is 1.79 bits per heavy atom. The van der Waals surface area contributed by atoms with E-state index in [-0.39, 0.29) is 30.7 Å². The van der Waals surface area contributed by atoms with Crippen molar-refractivity contribution in [2.24, 2.45) is 0 Å². The van der Waals surface area contributed by atoms with E-state index < -0.39 is 35.2 Å². The summed E-state index contributed by atoms with van der Waals surface area (Å²) in [7, 11) is 0. The van der Waals surface area contributed by atoms with Crippen molar-refractivity contribution in [3.05, 3.63) is 84.2 Å². The third kappa shape index (κ3) is 14.9. The van der Waals surface area contributed by atoms with E-state index in [4.69, 9.17) is 14.6 Å². The Morgan fingerprint density at radius 2 is 1.38 bits per heavy atom. The van der Waals surface area contributed by atoms with Gasteiger partial charge in [-0.3, -0.25) is 0 Å². The summed E-state index contributed by atoms with van der Waals surface area (Å²) in [5.41, 5.74) is 0.861. The van der Waals surface area contributed by atoms with Crippen LogP contribution in [-0.2, 0) is 51.9 Å². The van der Waals surface area contributed by atoms with Gasteiger partial charge in [0.05, 0.1) is 6.61 Å². The maximum atomic E-state index is 11.6. The smallest absolute Gasteiger partial charge is 0 e. The van der Waals surface area contributed by atoms with Gasteiger partial charge in [-0.05, 0) is 31.2 Å². The Balaban J connectivity index is 0.000000659. The number of carbonyl (C=O) groups excluding carboxylic acids is 3. The van der Waals surface area contributed by atoms with Crippen molar-refractivity contribution in [1.29, 1.82) is 0 Å². The van der Waals surface area contributed by atoms with Crippen LogP contribution in [0.3, 0.4) is 0 Å². The minimum atomic E-state index is -1.33. The number of halogens is 3. The van der Waals surface area contributed by atoms with Gasteiger partial charge in [0.2, 0.25) is 0 Å². The number of nitrogens with one attached hydrogen (secondary N) is 2. The molecule has 1 aliphatic heterocycles. The van der Waals surface area contributed by atoms with Gasteiger partial charge < -0.3 is 30.0 Å². The van der Waals surface area contributed by atoms with Crippen LogP contribution < -0.4 is 23.9 Å². The molecule has 0 bridgehead atoms. The molecule has 2 aromatic rings. The molecule has 0 saturated carbocycles. The van der Waals surface area contributed by atoms with Crippen LogP contribution in [0.5, 0.6) is 0 Å². The fourth-order valence-electron chi connectivity index (χ4n) is 2.58. The van der Waals surface area contributed by atoms with Crippen LogP contribution in [0.2, 0.25) is 0 Å². The van der Waals surface area contributed by atoms with Crippen LogP contribution >= 0.6 is 37.2 Å². The fourth-order valence-corrected chi connectivity index (χ4v) is 2.58. The van der Waals surface area contributed by atoms with Crippen LogP contribution in [0.1, 0.15) is 20.8 Å². The largest absolute Gasteiger partial charge is 0 e. The molecular formula is C25H26I3N2O8V-. The average molecular weight is 914 g/mol. The molecule has 1 fully saturated rings. The van der Waals surface area contributed by atoms with Crippen LogP contribution in [-0.4, -0.2) is 41.4 Å². The van der Waals surface area contributed by atoms with Crippen LogP contribution in [0.4, 0.5) is 11.4 Å². The number of cyclic esters (lactones) is 2. The summed E-state index contributed by atoms with van der Waals surface area (Å²) >= 11 is 5.30. The van der Waals surface area contributed by atoms with E-state index >= 15 is 0 Å². The molecule has 14 heteroatoms. The second-order valence-corrected chi connectivity index (χ2v) is 23.6. The first-order valence-electron chi connectivity index (χ1n) is 10.8. The molecule has 39 heavy (non-hydrogen) atoms. The molecule has 0 unspecified atom stereocenters. The van der Waals surface area contributed by atoms with Crippen molar-refractivity contribution < 1.29 is 70.3 Å². The Hall–Kier alpha value is -1.83. The van der Waals surface area contributed by atoms with Gasteiger partial charge in [0.25, 0.3) is 5.79 Å². The zero-order valence-corrected chi connectivity index (χ0v) is 28.9. The topological polar surface area (TPSA) is 140 Å². The van der Waals surface area contributed by atoms with Gasteiger partial charge in [-0.2, -0.15) is 0 Å². The molecule has 1 radical (unpaired) electrons. The maximum absolute atomic E-state index is 11.6. The SMILES string of the molecule is CC1(C)OC(=O)C(=CNc2ccccc2)C(=O)O1.CCOC(=O)/C(=C\Nc1ccccc1)C(=O)O.I[I-]I.[V]. The predicted octanol–water partition coefficient (Wildman–Crippen LogP) is 2.22. The molecule has 3 rings (SSSR count). The standard InChI is InChI=1S/C13H13NO4.C12H13NO4.I3.V/c1-13(2)17-11(15)10(12(16)18-13)8-14-9-6-4-3-5-7-9;1-2-17-12(16)10(11(14)15)8-13-9-6-4-3-5-7-9;1-3-2;/h3-8,14H,1-2H3;3-8,13H,2H2,1H3,(H,14,15);;/q;;-1;/b;10-8-;;. The Bertz CT molecular complexity index is 1120. The molecule has 3 N–H and O–H groups in total. The number of benzene rings is 2. The third-order valence-corrected chi connectivity index (χ3v) is 4.16. The van der Waals surface area contributed by atoms with Gasteiger partial charge in [0.1, 0.15) is 0 Å². The van der Waals surface area contributed by atoms with Crippen molar-refractivity contribution >= 4 is 72.5 Å². The van der Waals surface area contributed by atoms with E-state index in [0.29, 0.717) is 18.9 Å². The van der Waals surface area contributed by atoms with E-state index in [0.717, 1.165) is 11.9 Å². The summed E-state index contributed by atoms with van der Waals surface area (Å²) in [5, 5.41) is 14.4. The van der Waals surface area contributed by atoms with E-state index in [1.54, 1.807) is 43.3 Å². The molecule has 10 nitrogen and oxygen atoms in total. The average Bonchev–Trinajstić information content (AvgIpc) is 2.85. The zero-order chi connectivity index (χ0) is 28.6. The van der Waals surface area contributed by atoms with E-state index in [9.17, 15) is 19.2 Å². The van der Waals surface area contributed by atoms with Crippen LogP contribution in [0.15, 0.2) is 84.2 Å². The minimum absolute atomic E-state index is 0. The number of hydrogen-bond donors (Lipinski definition) is 3. The van der Waals surface area contributed by atoms with E-state index in [2.05, 4.69) is 52.6 Å². The Morgan fingerprint density at radius 1 is 0.949 bits per heavy atom. The van der Waals surface area contributed by atoms with Gasteiger partial charge in [-0.1, -0.05) is 36.4 Å². The van der Waals surface area contributed by atoms with Crippen molar-refractivity contribution in [1.82, 2.24) is 0 Å². The van der Waals surface area contributed by atoms with Gasteiger partial charge in [0.15, 0.2) is 11.1 Å². The summed E-state index contributed by atoms with van der Waals surface area (Å²) < 4.78 is 14.5. The number of ether oxygens (including phenoxy) is 3. The van der Waals surface area contributed by atoms with E-state index in [1.165, 1.54) is 20.0 Å². The molecule has 211 valence electrons. The number of para-hydroxylation sites is 2. The molecule has 1 heterocycles. The number of carboxylic acid groups (broad SMARTS) is 1. The molecule has 0 spiro atoms. The Kier molecular flexibility index (Phi) is 19.2. The zero-order valence-electron chi connectivity index (χ0n) is 21.0. The predicted molar refractivity (Wildman–Crippen MR) is 155 cm³/mol. The number of rotatable bonds is 7. The van der Waals surface area contributed by atoms with Crippen molar-refractivity contribution in [2.75, 3.05) is 17.2 Å². The molecule has 0 aliphatic carbocycles. The number of aliphatic carboxylic acids is 1. The molecule has 0 amide bonds. The molecular weight excluding hydrogens is 888 g/mol. The summed E-state index contributed by atoms with van der Waals surface area (Å²) in [5.74, 6) is -4.78. The second kappa shape index (κ2) is 20.1. The summed E-state index contributed by atoms with van der Waals surface area (Å²) in [6, 6.07) is 18.1. The summed E-state index contributed by atoms with van der Waals surface area (Å²) in [4.78, 5) is 45.3. The first-order chi connectivity index (χ1) is 18.0. The van der Waals surface area contributed by atoms with Gasteiger partial charge in [-0.25, -0.2) is 19.2 Å². The molecule has 0 aromatic heterocycles. The second-order valence-electron chi connectivity index (χ2n) is 7.40. The van der Waals surface area contributed by atoms with Crippen molar-refractivity contribution in [2.45, 2.75) is 26.6 Å². The Labute approximate surface area is 268 Å². The number of hydrogen-bond acceptors (Lipinski definition) is 9. The first kappa shape index (κ1) is 37.2. The first-order valence-corrected chi connectivity index (χ1v) is 23.4. The number of esters is 3. The van der Waals surface area contributed by atoms with Crippen molar-refractivity contribution in [3.8, 4) is 0 Å². The molecule has 1 saturated heterocycles. The van der Waals surface area contributed by atoms with E-state index in [1.807, 2.05) is 24.3 Å². The van der Waals surface area contributed by atoms with Gasteiger partial charge in [-0.15, -0.1) is 0 Å². The quantitative estimate of drug-likeness (QED) is 0.125. The monoisotopic (exact) mass is 914 g/mol. The fraction of sp³-hybridized carbons (Fsp3) is 0.200. The van der Waals surface area contributed by atoms with Crippen LogP contribution in [0.25, 0.3) is 0 Å². The normalized spacial score (nSPS) is 13.5. The number of carboxylic acids is 1. The summed E-state index contributed by atoms with van der Waals surface area (Å²) in [6.07, 6.45) is 2.41. The van der Waals surface area contributed by atoms with Gasteiger partial charge >= 0.3 is 74.4 Å². The third-order valence-electron chi connectivity index (χ3n) is 4.16. The minimum Gasteiger partial charge on any atom is 0 e.